The van der Waals surface area contributed by atoms with Crippen LogP contribution in [0.25, 0.3) is 0 Å². The van der Waals surface area contributed by atoms with Gasteiger partial charge in [0, 0.05) is 16.9 Å². The Morgan fingerprint density at radius 2 is 1.67 bits per heavy atom. The van der Waals surface area contributed by atoms with Crippen molar-refractivity contribution in [3.05, 3.63) is 82.5 Å². The lowest BCUT2D eigenvalue weighted by molar-refractivity contribution is 0.102. The molecule has 0 spiro atoms. The molecule has 27 heavy (non-hydrogen) atoms. The van der Waals surface area contributed by atoms with Gasteiger partial charge in [-0.2, -0.15) is 0 Å². The first kappa shape index (κ1) is 19.1. The normalized spacial score (nSPS) is 11.2. The molecule has 2 aromatic carbocycles. The predicted molar refractivity (Wildman–Crippen MR) is 105 cm³/mol. The first-order valence-corrected chi connectivity index (χ1v) is 9.99. The van der Waals surface area contributed by atoms with E-state index in [-0.39, 0.29) is 21.4 Å². The van der Waals surface area contributed by atoms with Crippen LogP contribution in [0.4, 0.5) is 5.69 Å². The second-order valence-corrected chi connectivity index (χ2v) is 8.43. The molecule has 1 N–H and O–H groups in total. The number of halogens is 1. The van der Waals surface area contributed by atoms with Gasteiger partial charge in [0.1, 0.15) is 0 Å². The highest BCUT2D eigenvalue weighted by Crippen LogP contribution is 2.21. The maximum atomic E-state index is 12.6. The molecule has 0 aliphatic carbocycles. The van der Waals surface area contributed by atoms with Crippen LogP contribution in [0, 0.1) is 13.8 Å². The second-order valence-electron chi connectivity index (χ2n) is 6.10. The highest BCUT2D eigenvalue weighted by molar-refractivity contribution is 7.91. The molecule has 138 valence electrons. The summed E-state index contributed by atoms with van der Waals surface area (Å²) in [6, 6.07) is 14.2. The summed E-state index contributed by atoms with van der Waals surface area (Å²) in [6.45, 7) is 3.95. The van der Waals surface area contributed by atoms with Gasteiger partial charge in [0.05, 0.1) is 10.5 Å². The average Bonchev–Trinajstić information content (AvgIpc) is 2.65. The maximum absolute atomic E-state index is 12.6. The van der Waals surface area contributed by atoms with Crippen molar-refractivity contribution in [1.29, 1.82) is 0 Å². The summed E-state index contributed by atoms with van der Waals surface area (Å²) in [6.07, 6.45) is 1.25. The molecule has 0 aliphatic heterocycles. The summed E-state index contributed by atoms with van der Waals surface area (Å²) in [4.78, 5) is 16.4. The van der Waals surface area contributed by atoms with E-state index in [1.165, 1.54) is 42.6 Å². The molecule has 1 heterocycles. The summed E-state index contributed by atoms with van der Waals surface area (Å²) in [5.74, 6) is -0.360. The third-order valence-corrected chi connectivity index (χ3v) is 6.10. The highest BCUT2D eigenvalue weighted by atomic mass is 35.5. The number of anilines is 1. The van der Waals surface area contributed by atoms with Crippen LogP contribution in [0.3, 0.4) is 0 Å². The van der Waals surface area contributed by atoms with E-state index in [1.54, 1.807) is 0 Å². The van der Waals surface area contributed by atoms with Crippen LogP contribution in [-0.2, 0) is 9.84 Å². The van der Waals surface area contributed by atoms with E-state index in [0.29, 0.717) is 10.7 Å². The second kappa shape index (κ2) is 7.50. The average molecular weight is 401 g/mol. The van der Waals surface area contributed by atoms with Crippen LogP contribution >= 0.6 is 11.6 Å². The number of carbonyl (C=O) groups excluding carboxylic acids is 1. The molecule has 0 fully saturated rings. The molecule has 0 atom stereocenters. The fourth-order valence-electron chi connectivity index (χ4n) is 2.43. The van der Waals surface area contributed by atoms with Crippen LogP contribution in [0.5, 0.6) is 0 Å². The number of nitrogens with one attached hydrogen (secondary N) is 1. The molecule has 1 amide bonds. The molecule has 3 aromatic rings. The van der Waals surface area contributed by atoms with E-state index >= 15 is 0 Å². The molecule has 5 nitrogen and oxygen atoms in total. The van der Waals surface area contributed by atoms with Crippen LogP contribution < -0.4 is 5.32 Å². The van der Waals surface area contributed by atoms with Crippen molar-refractivity contribution in [3.8, 4) is 0 Å². The Labute approximate surface area is 163 Å². The summed E-state index contributed by atoms with van der Waals surface area (Å²) in [5.41, 5.74) is 3.13. The fourth-order valence-corrected chi connectivity index (χ4v) is 3.73. The Morgan fingerprint density at radius 1 is 0.963 bits per heavy atom. The quantitative estimate of drug-likeness (QED) is 0.702. The minimum Gasteiger partial charge on any atom is -0.322 e. The molecular weight excluding hydrogens is 384 g/mol. The number of pyridine rings is 1. The number of hydrogen-bond donors (Lipinski definition) is 1. The smallest absolute Gasteiger partial charge is 0.257 e. The Balaban J connectivity index is 1.81. The van der Waals surface area contributed by atoms with Gasteiger partial charge in [-0.05, 0) is 73.5 Å². The summed E-state index contributed by atoms with van der Waals surface area (Å²) < 4.78 is 25.2. The third kappa shape index (κ3) is 4.18. The number of aromatic nitrogens is 1. The number of rotatable bonds is 4. The van der Waals surface area contributed by atoms with Gasteiger partial charge in [0.15, 0.2) is 5.03 Å². The predicted octanol–water partition coefficient (Wildman–Crippen LogP) is 4.44. The van der Waals surface area contributed by atoms with Gasteiger partial charge in [-0.15, -0.1) is 0 Å². The monoisotopic (exact) mass is 400 g/mol. The van der Waals surface area contributed by atoms with E-state index in [2.05, 4.69) is 10.3 Å². The number of carbonyl (C=O) groups is 1. The van der Waals surface area contributed by atoms with Crippen molar-refractivity contribution in [2.24, 2.45) is 0 Å². The number of aryl methyl sites for hydroxylation is 2. The largest absolute Gasteiger partial charge is 0.322 e. The summed E-state index contributed by atoms with van der Waals surface area (Å²) >= 11 is 5.79. The van der Waals surface area contributed by atoms with E-state index in [0.717, 1.165) is 11.1 Å². The molecule has 0 saturated carbocycles. The number of amides is 1. The Morgan fingerprint density at radius 3 is 2.26 bits per heavy atom. The van der Waals surface area contributed by atoms with Crippen LogP contribution in [-0.4, -0.2) is 19.3 Å². The third-order valence-electron chi connectivity index (χ3n) is 4.16. The Hall–Kier alpha value is -2.70. The zero-order valence-electron chi connectivity index (χ0n) is 14.7. The lowest BCUT2D eigenvalue weighted by atomic mass is 10.1. The fraction of sp³-hybridized carbons (Fsp3) is 0.100. The molecule has 0 saturated heterocycles. The van der Waals surface area contributed by atoms with Crippen LogP contribution in [0.2, 0.25) is 5.02 Å². The van der Waals surface area contributed by atoms with Crippen LogP contribution in [0.1, 0.15) is 21.5 Å². The maximum Gasteiger partial charge on any atom is 0.257 e. The molecule has 0 unspecified atom stereocenters. The SMILES string of the molecule is Cc1ccc(NC(=O)c2ccc(S(=O)(=O)c3ccc(Cl)cc3)nc2)cc1C. The van der Waals surface area contributed by atoms with Crippen molar-refractivity contribution in [1.82, 2.24) is 4.98 Å². The van der Waals surface area contributed by atoms with Gasteiger partial charge in [-0.25, -0.2) is 13.4 Å². The Bertz CT molecular complexity index is 1090. The summed E-state index contributed by atoms with van der Waals surface area (Å²) in [7, 11) is -3.77. The van der Waals surface area contributed by atoms with Crippen molar-refractivity contribution in [2.75, 3.05) is 5.32 Å². The van der Waals surface area contributed by atoms with Gasteiger partial charge in [-0.3, -0.25) is 4.79 Å². The van der Waals surface area contributed by atoms with Crippen molar-refractivity contribution in [3.63, 3.8) is 0 Å². The lowest BCUT2D eigenvalue weighted by Crippen LogP contribution is -2.13. The van der Waals surface area contributed by atoms with Gasteiger partial charge < -0.3 is 5.32 Å². The first-order valence-electron chi connectivity index (χ1n) is 8.13. The van der Waals surface area contributed by atoms with Gasteiger partial charge in [-0.1, -0.05) is 17.7 Å². The van der Waals surface area contributed by atoms with Crippen molar-refractivity contribution < 1.29 is 13.2 Å². The molecule has 0 aliphatic rings. The number of sulfone groups is 1. The molecular formula is C20H17ClN2O3S. The van der Waals surface area contributed by atoms with Crippen molar-refractivity contribution in [2.45, 2.75) is 23.8 Å². The van der Waals surface area contributed by atoms with Gasteiger partial charge >= 0.3 is 0 Å². The highest BCUT2D eigenvalue weighted by Gasteiger charge is 2.19. The number of hydrogen-bond acceptors (Lipinski definition) is 4. The van der Waals surface area contributed by atoms with Gasteiger partial charge in [0.25, 0.3) is 5.91 Å². The molecule has 3 rings (SSSR count). The van der Waals surface area contributed by atoms with E-state index in [4.69, 9.17) is 11.6 Å². The van der Waals surface area contributed by atoms with E-state index in [9.17, 15) is 13.2 Å². The van der Waals surface area contributed by atoms with E-state index in [1.807, 2.05) is 32.0 Å². The summed E-state index contributed by atoms with van der Waals surface area (Å²) in [5, 5.41) is 3.09. The zero-order chi connectivity index (χ0) is 19.6. The Kier molecular flexibility index (Phi) is 5.30. The number of benzene rings is 2. The van der Waals surface area contributed by atoms with E-state index < -0.39 is 9.84 Å². The van der Waals surface area contributed by atoms with Gasteiger partial charge in [0.2, 0.25) is 9.84 Å². The van der Waals surface area contributed by atoms with Crippen molar-refractivity contribution >= 4 is 33.0 Å². The first-order chi connectivity index (χ1) is 12.8. The molecule has 0 radical (unpaired) electrons. The topological polar surface area (TPSA) is 76.1 Å². The minimum atomic E-state index is -3.77. The standard InChI is InChI=1S/C20H17ClN2O3S/c1-13-3-7-17(11-14(13)2)23-20(24)15-4-10-19(22-12-15)27(25,26)18-8-5-16(21)6-9-18/h3-12H,1-2H3,(H,23,24). The van der Waals surface area contributed by atoms with Crippen LogP contribution in [0.15, 0.2) is 70.7 Å². The molecule has 7 heteroatoms. The number of nitrogens with zero attached hydrogens (tertiary/aromatic N) is 1. The molecule has 1 aromatic heterocycles. The zero-order valence-corrected chi connectivity index (χ0v) is 16.3. The minimum absolute atomic E-state index is 0.0896. The molecule has 0 bridgehead atoms. The lowest BCUT2D eigenvalue weighted by Gasteiger charge is -2.08.